The molecule has 5 nitrogen and oxygen atoms in total. The van der Waals surface area contributed by atoms with Gasteiger partial charge >= 0.3 is 5.97 Å². The van der Waals surface area contributed by atoms with Crippen LogP contribution in [0.15, 0.2) is 70.2 Å². The van der Waals surface area contributed by atoms with E-state index in [0.29, 0.717) is 23.0 Å². The third-order valence-corrected chi connectivity index (χ3v) is 6.39. The second-order valence-electron chi connectivity index (χ2n) is 6.00. The van der Waals surface area contributed by atoms with E-state index in [-0.39, 0.29) is 12.6 Å². The number of oxazole rings is 1. The van der Waals surface area contributed by atoms with Gasteiger partial charge in [-0.15, -0.1) is 0 Å². The van der Waals surface area contributed by atoms with Crippen molar-refractivity contribution in [2.24, 2.45) is 4.99 Å². The van der Waals surface area contributed by atoms with Crippen LogP contribution in [0.1, 0.15) is 21.8 Å². The van der Waals surface area contributed by atoms with E-state index in [1.54, 1.807) is 35.8 Å². The van der Waals surface area contributed by atoms with Crippen LogP contribution in [-0.2, 0) is 17.1 Å². The predicted octanol–water partition coefficient (Wildman–Crippen LogP) is 5.03. The van der Waals surface area contributed by atoms with Gasteiger partial charge in [0.15, 0.2) is 12.4 Å². The molecule has 2 aromatic carbocycles. The summed E-state index contributed by atoms with van der Waals surface area (Å²) in [6, 6.07) is 17.2. The van der Waals surface area contributed by atoms with Crippen molar-refractivity contribution < 1.29 is 13.9 Å². The van der Waals surface area contributed by atoms with Crippen molar-refractivity contribution in [3.8, 4) is 11.3 Å². The number of nitrogens with zero attached hydrogens (tertiary/aromatic N) is 2. The molecule has 0 saturated carbocycles. The zero-order chi connectivity index (χ0) is 19.2. The number of benzene rings is 2. The van der Waals surface area contributed by atoms with Gasteiger partial charge < -0.3 is 9.15 Å². The normalized spacial score (nSPS) is 13.4. The summed E-state index contributed by atoms with van der Waals surface area (Å²) in [5, 5.41) is 0. The molecule has 0 spiro atoms. The lowest BCUT2D eigenvalue weighted by molar-refractivity contribution is 0.0438. The molecule has 0 amide bonds. The number of carbonyl (C=O) groups is 1. The fraction of sp³-hybridized carbons (Fsp3) is 0.190. The van der Waals surface area contributed by atoms with Crippen molar-refractivity contribution in [2.45, 2.75) is 12.4 Å². The first-order valence-corrected chi connectivity index (χ1v) is 10.8. The fourth-order valence-corrected chi connectivity index (χ4v) is 4.72. The molecule has 0 aliphatic carbocycles. The van der Waals surface area contributed by atoms with Gasteiger partial charge in [0.25, 0.3) is 0 Å². The lowest BCUT2D eigenvalue weighted by atomic mass is 10.1. The van der Waals surface area contributed by atoms with Gasteiger partial charge in [0.05, 0.1) is 18.3 Å². The Bertz CT molecular complexity index is 986. The molecule has 0 saturated heterocycles. The molecule has 1 aliphatic heterocycles. The second-order valence-corrected chi connectivity index (χ2v) is 8.31. The number of hydrogen-bond donors (Lipinski definition) is 0. The van der Waals surface area contributed by atoms with Crippen LogP contribution in [0.5, 0.6) is 0 Å². The molecule has 0 fully saturated rings. The quantitative estimate of drug-likeness (QED) is 0.531. The van der Waals surface area contributed by atoms with Crippen molar-refractivity contribution >= 4 is 33.9 Å². The van der Waals surface area contributed by atoms with Gasteiger partial charge in [0, 0.05) is 17.1 Å². The molecule has 4 rings (SSSR count). The van der Waals surface area contributed by atoms with E-state index in [1.807, 2.05) is 48.5 Å². The van der Waals surface area contributed by atoms with Crippen LogP contribution in [0.3, 0.4) is 0 Å². The van der Waals surface area contributed by atoms with Gasteiger partial charge in [-0.1, -0.05) is 72.1 Å². The van der Waals surface area contributed by atoms with E-state index < -0.39 is 0 Å². The van der Waals surface area contributed by atoms with E-state index in [0.717, 1.165) is 27.8 Å². The van der Waals surface area contributed by atoms with Crippen molar-refractivity contribution in [2.75, 3.05) is 12.3 Å². The van der Waals surface area contributed by atoms with Gasteiger partial charge in [0.2, 0.25) is 5.89 Å². The average molecular weight is 411 g/mol. The molecule has 2 heterocycles. The van der Waals surface area contributed by atoms with Crippen molar-refractivity contribution in [3.05, 3.63) is 77.8 Å². The van der Waals surface area contributed by atoms with Crippen molar-refractivity contribution in [1.82, 2.24) is 4.98 Å². The highest BCUT2D eigenvalue weighted by Gasteiger charge is 2.16. The van der Waals surface area contributed by atoms with E-state index in [9.17, 15) is 4.79 Å². The number of rotatable bonds is 6. The Labute approximate surface area is 171 Å². The van der Waals surface area contributed by atoms with E-state index >= 15 is 0 Å². The minimum atomic E-state index is -0.378. The van der Waals surface area contributed by atoms with Crippen molar-refractivity contribution in [3.63, 3.8) is 0 Å². The third-order valence-electron chi connectivity index (χ3n) is 4.08. The van der Waals surface area contributed by atoms with Gasteiger partial charge in [0.1, 0.15) is 4.38 Å². The Morgan fingerprint density at radius 3 is 2.79 bits per heavy atom. The van der Waals surface area contributed by atoms with Crippen LogP contribution in [0, 0.1) is 0 Å². The Morgan fingerprint density at radius 1 is 1.14 bits per heavy atom. The highest BCUT2D eigenvalue weighted by molar-refractivity contribution is 8.38. The number of thioether (sulfide) groups is 2. The maximum Gasteiger partial charge on any atom is 0.338 e. The average Bonchev–Trinajstić information content (AvgIpc) is 3.43. The minimum Gasteiger partial charge on any atom is -0.452 e. The minimum absolute atomic E-state index is 0.00426. The summed E-state index contributed by atoms with van der Waals surface area (Å²) in [5.41, 5.74) is 2.43. The number of hydrogen-bond acceptors (Lipinski definition) is 7. The van der Waals surface area contributed by atoms with Crippen LogP contribution in [0.4, 0.5) is 0 Å². The van der Waals surface area contributed by atoms with Crippen LogP contribution in [0.25, 0.3) is 11.3 Å². The molecule has 0 N–H and O–H groups in total. The number of ether oxygens (including phenoxy) is 1. The summed E-state index contributed by atoms with van der Waals surface area (Å²) in [4.78, 5) is 21.2. The number of aliphatic imine (C=N–C) groups is 1. The van der Waals surface area contributed by atoms with Gasteiger partial charge in [-0.25, -0.2) is 9.78 Å². The van der Waals surface area contributed by atoms with Crippen molar-refractivity contribution in [1.29, 1.82) is 0 Å². The van der Waals surface area contributed by atoms with Crippen LogP contribution >= 0.6 is 23.5 Å². The third kappa shape index (κ3) is 4.66. The fourth-order valence-electron chi connectivity index (χ4n) is 2.71. The lowest BCUT2D eigenvalue weighted by Crippen LogP contribution is -2.08. The molecular weight excluding hydrogens is 392 g/mol. The molecule has 0 atom stereocenters. The smallest absolute Gasteiger partial charge is 0.338 e. The molecule has 0 bridgehead atoms. The van der Waals surface area contributed by atoms with E-state index in [1.165, 1.54) is 0 Å². The van der Waals surface area contributed by atoms with Crippen LogP contribution in [0.2, 0.25) is 0 Å². The SMILES string of the molecule is O=C(OCc1ncc(-c2ccccc2)o1)c1ccccc1CSC1=NCCS1. The van der Waals surface area contributed by atoms with Gasteiger partial charge in [-0.05, 0) is 11.6 Å². The molecule has 7 heteroatoms. The first-order chi connectivity index (χ1) is 13.8. The highest BCUT2D eigenvalue weighted by atomic mass is 32.2. The standard InChI is InChI=1S/C21H18N2O3S2/c24-20(17-9-5-4-8-16(17)14-28-21-22-10-11-27-21)25-13-19-23-12-18(26-19)15-6-2-1-3-7-15/h1-9,12H,10-11,13-14H2. The number of carbonyl (C=O) groups excluding carboxylic acids is 1. The number of esters is 1. The van der Waals surface area contributed by atoms with Crippen LogP contribution in [-0.4, -0.2) is 27.6 Å². The Hall–Kier alpha value is -2.51. The first kappa shape index (κ1) is 18.8. The summed E-state index contributed by atoms with van der Waals surface area (Å²) in [6.07, 6.45) is 1.64. The number of aromatic nitrogens is 1. The summed E-state index contributed by atoms with van der Waals surface area (Å²) in [5.74, 6) is 2.37. The molecule has 1 aliphatic rings. The van der Waals surface area contributed by atoms with Gasteiger partial charge in [-0.3, -0.25) is 4.99 Å². The maximum atomic E-state index is 12.6. The topological polar surface area (TPSA) is 64.7 Å². The molecule has 0 radical (unpaired) electrons. The zero-order valence-corrected chi connectivity index (χ0v) is 16.7. The van der Waals surface area contributed by atoms with Crippen LogP contribution < -0.4 is 0 Å². The molecule has 1 aromatic heterocycles. The Balaban J connectivity index is 1.38. The van der Waals surface area contributed by atoms with E-state index in [2.05, 4.69) is 9.98 Å². The Kier molecular flexibility index (Phi) is 6.14. The largest absolute Gasteiger partial charge is 0.452 e. The van der Waals surface area contributed by atoms with E-state index in [4.69, 9.17) is 9.15 Å². The first-order valence-electron chi connectivity index (χ1n) is 8.85. The summed E-state index contributed by atoms with van der Waals surface area (Å²) in [7, 11) is 0. The molecule has 3 aromatic rings. The highest BCUT2D eigenvalue weighted by Crippen LogP contribution is 2.27. The lowest BCUT2D eigenvalue weighted by Gasteiger charge is -2.08. The molecule has 0 unspecified atom stereocenters. The molecular formula is C21H18N2O3S2. The summed E-state index contributed by atoms with van der Waals surface area (Å²) >= 11 is 3.42. The summed E-state index contributed by atoms with van der Waals surface area (Å²) in [6.45, 7) is 0.869. The molecule has 28 heavy (non-hydrogen) atoms. The zero-order valence-electron chi connectivity index (χ0n) is 15.0. The maximum absolute atomic E-state index is 12.6. The monoisotopic (exact) mass is 410 g/mol. The predicted molar refractivity (Wildman–Crippen MR) is 114 cm³/mol. The van der Waals surface area contributed by atoms with Gasteiger partial charge in [-0.2, -0.15) is 0 Å². The molecule has 142 valence electrons. The summed E-state index contributed by atoms with van der Waals surface area (Å²) < 4.78 is 12.2. The Morgan fingerprint density at radius 2 is 1.96 bits per heavy atom. The second kappa shape index (κ2) is 9.12.